The van der Waals surface area contributed by atoms with Gasteiger partial charge in [0.1, 0.15) is 29.4 Å². The summed E-state index contributed by atoms with van der Waals surface area (Å²) in [5.74, 6) is 1.08. The highest BCUT2D eigenvalue weighted by atomic mass is 16.3. The van der Waals surface area contributed by atoms with Crippen LogP contribution in [0.15, 0.2) is 41.0 Å². The molecule has 0 bridgehead atoms. The molecule has 0 aliphatic carbocycles. The Morgan fingerprint density at radius 1 is 1.26 bits per heavy atom. The van der Waals surface area contributed by atoms with Crippen LogP contribution in [0.4, 0.5) is 5.82 Å². The van der Waals surface area contributed by atoms with E-state index in [9.17, 15) is 0 Å². The average Bonchev–Trinajstić information content (AvgIpc) is 2.90. The number of nitrogens with one attached hydrogen (secondary N) is 1. The summed E-state index contributed by atoms with van der Waals surface area (Å²) in [7, 11) is 1.75. The fourth-order valence-electron chi connectivity index (χ4n) is 1.90. The smallest absolute Gasteiger partial charge is 0.166 e. The van der Waals surface area contributed by atoms with Gasteiger partial charge in [-0.25, -0.2) is 9.97 Å². The number of nitriles is 1. The van der Waals surface area contributed by atoms with Gasteiger partial charge in [-0.05, 0) is 6.07 Å². The van der Waals surface area contributed by atoms with Crippen molar-refractivity contribution in [3.8, 4) is 17.5 Å². The van der Waals surface area contributed by atoms with Crippen molar-refractivity contribution in [2.75, 3.05) is 12.4 Å². The van der Waals surface area contributed by atoms with Gasteiger partial charge in [0.2, 0.25) is 0 Å². The lowest BCUT2D eigenvalue weighted by Gasteiger charge is -2.02. The number of hydrogen-bond donors (Lipinski definition) is 1. The molecule has 5 nitrogen and oxygen atoms in total. The van der Waals surface area contributed by atoms with Crippen LogP contribution >= 0.6 is 0 Å². The lowest BCUT2D eigenvalue weighted by molar-refractivity contribution is 0.616. The van der Waals surface area contributed by atoms with Gasteiger partial charge in [-0.15, -0.1) is 0 Å². The maximum Gasteiger partial charge on any atom is 0.166 e. The van der Waals surface area contributed by atoms with Gasteiger partial charge in [0, 0.05) is 18.5 Å². The van der Waals surface area contributed by atoms with E-state index < -0.39 is 0 Å². The minimum absolute atomic E-state index is 0.319. The van der Waals surface area contributed by atoms with E-state index in [4.69, 9.17) is 9.68 Å². The van der Waals surface area contributed by atoms with Gasteiger partial charge in [0.05, 0.1) is 5.56 Å². The van der Waals surface area contributed by atoms with Crippen LogP contribution in [0.1, 0.15) is 5.69 Å². The van der Waals surface area contributed by atoms with E-state index >= 15 is 0 Å². The van der Waals surface area contributed by atoms with E-state index in [0.717, 1.165) is 16.5 Å². The molecule has 0 amide bonds. The molecule has 19 heavy (non-hydrogen) atoms. The van der Waals surface area contributed by atoms with Crippen molar-refractivity contribution in [1.29, 1.82) is 5.26 Å². The van der Waals surface area contributed by atoms with Crippen molar-refractivity contribution in [1.82, 2.24) is 9.97 Å². The minimum atomic E-state index is 0.319. The molecule has 0 aliphatic heterocycles. The Bertz CT molecular complexity index is 785. The van der Waals surface area contributed by atoms with Gasteiger partial charge in [0.15, 0.2) is 5.82 Å². The fourth-order valence-corrected chi connectivity index (χ4v) is 1.90. The molecule has 0 radical (unpaired) electrons. The van der Waals surface area contributed by atoms with E-state index in [0.29, 0.717) is 17.3 Å². The second-order valence-electron chi connectivity index (χ2n) is 3.97. The second-order valence-corrected chi connectivity index (χ2v) is 3.97. The van der Waals surface area contributed by atoms with Crippen LogP contribution < -0.4 is 5.32 Å². The third-order valence-corrected chi connectivity index (χ3v) is 2.82. The summed E-state index contributed by atoms with van der Waals surface area (Å²) >= 11 is 0. The number of hydrogen-bond acceptors (Lipinski definition) is 5. The Hall–Kier alpha value is -2.87. The van der Waals surface area contributed by atoms with Crippen molar-refractivity contribution in [2.45, 2.75) is 0 Å². The van der Waals surface area contributed by atoms with Gasteiger partial charge in [-0.2, -0.15) is 5.26 Å². The lowest BCUT2D eigenvalue weighted by Crippen LogP contribution is -1.98. The number of benzene rings is 1. The molecule has 5 heteroatoms. The molecular weight excluding hydrogens is 240 g/mol. The standard InChI is InChI=1S/C14H10N4O/c1-16-13-6-9(7-15)17-14(18-13)11-8-19-12-5-3-2-4-10(11)12/h2-6,8H,1H3,(H,16,17,18). The molecule has 0 unspecified atom stereocenters. The number of furan rings is 1. The molecule has 1 aromatic carbocycles. The fraction of sp³-hybridized carbons (Fsp3) is 0.0714. The van der Waals surface area contributed by atoms with Crippen LogP contribution in [0.5, 0.6) is 0 Å². The number of para-hydroxylation sites is 1. The maximum atomic E-state index is 9.00. The molecule has 3 aromatic rings. The number of anilines is 1. The van der Waals surface area contributed by atoms with Crippen molar-refractivity contribution < 1.29 is 4.42 Å². The molecular formula is C14H10N4O. The highest BCUT2D eigenvalue weighted by Crippen LogP contribution is 2.28. The predicted molar refractivity (Wildman–Crippen MR) is 71.5 cm³/mol. The third kappa shape index (κ3) is 1.89. The zero-order valence-electron chi connectivity index (χ0n) is 10.2. The first-order valence-electron chi connectivity index (χ1n) is 5.75. The Balaban J connectivity index is 2.24. The number of aromatic nitrogens is 2. The molecule has 2 aromatic heterocycles. The maximum absolute atomic E-state index is 9.00. The van der Waals surface area contributed by atoms with Gasteiger partial charge in [-0.3, -0.25) is 0 Å². The SMILES string of the molecule is CNc1cc(C#N)nc(-c2coc3ccccc23)n1. The number of rotatable bonds is 2. The summed E-state index contributed by atoms with van der Waals surface area (Å²) in [5, 5.41) is 12.9. The minimum Gasteiger partial charge on any atom is -0.464 e. The Kier molecular flexibility index (Phi) is 2.62. The summed E-state index contributed by atoms with van der Waals surface area (Å²) in [6, 6.07) is 11.3. The first-order chi connectivity index (χ1) is 9.31. The Morgan fingerprint density at radius 2 is 2.11 bits per heavy atom. The van der Waals surface area contributed by atoms with E-state index in [1.807, 2.05) is 30.3 Å². The molecule has 3 rings (SSSR count). The van der Waals surface area contributed by atoms with Crippen LogP contribution in [0, 0.1) is 11.3 Å². The molecule has 0 aliphatic rings. The summed E-state index contributed by atoms with van der Waals surface area (Å²) < 4.78 is 5.47. The Labute approximate surface area is 109 Å². The monoisotopic (exact) mass is 250 g/mol. The first-order valence-corrected chi connectivity index (χ1v) is 5.75. The molecule has 0 spiro atoms. The molecule has 0 atom stereocenters. The third-order valence-electron chi connectivity index (χ3n) is 2.82. The normalized spacial score (nSPS) is 10.3. The lowest BCUT2D eigenvalue weighted by atomic mass is 10.1. The number of fused-ring (bicyclic) bond motifs is 1. The van der Waals surface area contributed by atoms with E-state index in [1.54, 1.807) is 19.4 Å². The van der Waals surface area contributed by atoms with Crippen LogP contribution in [-0.2, 0) is 0 Å². The van der Waals surface area contributed by atoms with Crippen LogP contribution in [0.3, 0.4) is 0 Å². The highest BCUT2D eigenvalue weighted by molar-refractivity contribution is 5.92. The highest BCUT2D eigenvalue weighted by Gasteiger charge is 2.12. The molecule has 92 valence electrons. The molecule has 0 saturated heterocycles. The van der Waals surface area contributed by atoms with Crippen molar-refractivity contribution in [3.63, 3.8) is 0 Å². The zero-order chi connectivity index (χ0) is 13.2. The quantitative estimate of drug-likeness (QED) is 0.756. The van der Waals surface area contributed by atoms with Gasteiger partial charge in [0.25, 0.3) is 0 Å². The Morgan fingerprint density at radius 3 is 2.89 bits per heavy atom. The first kappa shape index (κ1) is 11.2. The van der Waals surface area contributed by atoms with Crippen LogP contribution in [0.2, 0.25) is 0 Å². The predicted octanol–water partition coefficient (Wildman–Crippen LogP) is 2.80. The van der Waals surface area contributed by atoms with E-state index in [1.165, 1.54) is 0 Å². The van der Waals surface area contributed by atoms with Crippen LogP contribution in [0.25, 0.3) is 22.4 Å². The second kappa shape index (κ2) is 4.42. The van der Waals surface area contributed by atoms with Gasteiger partial charge in [-0.1, -0.05) is 18.2 Å². The largest absolute Gasteiger partial charge is 0.464 e. The van der Waals surface area contributed by atoms with Crippen molar-refractivity contribution in [3.05, 3.63) is 42.3 Å². The molecule has 1 N–H and O–H groups in total. The molecule has 2 heterocycles. The van der Waals surface area contributed by atoms with Crippen molar-refractivity contribution in [2.24, 2.45) is 0 Å². The summed E-state index contributed by atoms with van der Waals surface area (Å²) in [4.78, 5) is 8.58. The summed E-state index contributed by atoms with van der Waals surface area (Å²) in [6.07, 6.45) is 1.61. The van der Waals surface area contributed by atoms with Crippen LogP contribution in [-0.4, -0.2) is 17.0 Å². The van der Waals surface area contributed by atoms with E-state index in [2.05, 4.69) is 15.3 Å². The topological polar surface area (TPSA) is 74.7 Å². The average molecular weight is 250 g/mol. The van der Waals surface area contributed by atoms with Crippen molar-refractivity contribution >= 4 is 16.8 Å². The van der Waals surface area contributed by atoms with E-state index in [-0.39, 0.29) is 0 Å². The number of nitrogens with zero attached hydrogens (tertiary/aromatic N) is 3. The zero-order valence-corrected chi connectivity index (χ0v) is 10.2. The molecule has 0 fully saturated rings. The summed E-state index contributed by atoms with van der Waals surface area (Å²) in [6.45, 7) is 0. The molecule has 0 saturated carbocycles. The van der Waals surface area contributed by atoms with Gasteiger partial charge < -0.3 is 9.73 Å². The summed E-state index contributed by atoms with van der Waals surface area (Å²) in [5.41, 5.74) is 1.87. The van der Waals surface area contributed by atoms with Gasteiger partial charge >= 0.3 is 0 Å².